The molecule has 1 heterocycles. The van der Waals surface area contributed by atoms with E-state index in [1.165, 1.54) is 0 Å². The fourth-order valence-electron chi connectivity index (χ4n) is 1.73. The van der Waals surface area contributed by atoms with Crippen LogP contribution >= 0.6 is 0 Å². The van der Waals surface area contributed by atoms with Gasteiger partial charge in [0.1, 0.15) is 0 Å². The van der Waals surface area contributed by atoms with Crippen LogP contribution in [0.5, 0.6) is 0 Å². The second-order valence-electron chi connectivity index (χ2n) is 4.00. The number of carbonyl (C=O) groups excluding carboxylic acids is 2. The van der Waals surface area contributed by atoms with Crippen molar-refractivity contribution in [2.75, 3.05) is 5.32 Å². The summed E-state index contributed by atoms with van der Waals surface area (Å²) in [4.78, 5) is 33.2. The van der Waals surface area contributed by atoms with E-state index in [1.807, 2.05) is 0 Å². The molecule has 6 heteroatoms. The monoisotopic (exact) mass is 248 g/mol. The molecule has 3 N–H and O–H groups in total. The number of anilines is 1. The Labute approximate surface area is 103 Å². The Bertz CT molecular complexity index is 525. The molecule has 0 radical (unpaired) electrons. The van der Waals surface area contributed by atoms with Crippen LogP contribution in [0.2, 0.25) is 0 Å². The average molecular weight is 248 g/mol. The largest absolute Gasteiger partial charge is 0.481 e. The second-order valence-corrected chi connectivity index (χ2v) is 4.00. The molecule has 0 saturated carbocycles. The Kier molecular flexibility index (Phi) is 3.27. The maximum Gasteiger partial charge on any atom is 0.303 e. The topological polar surface area (TPSA) is 95.5 Å². The Morgan fingerprint density at radius 1 is 1.33 bits per heavy atom. The Hall–Kier alpha value is -2.37. The van der Waals surface area contributed by atoms with Crippen LogP contribution in [0.4, 0.5) is 5.69 Å². The quantitative estimate of drug-likeness (QED) is 0.732. The molecule has 2 rings (SSSR count). The summed E-state index contributed by atoms with van der Waals surface area (Å²) in [5.74, 6) is -1.55. The number of aliphatic carboxylic acids is 1. The maximum absolute atomic E-state index is 11.4. The SMILES string of the molecule is O=C(O)CCC(=O)Nc1ccc2c(c1)C(=O)NC2. The van der Waals surface area contributed by atoms with E-state index in [2.05, 4.69) is 10.6 Å². The summed E-state index contributed by atoms with van der Waals surface area (Å²) in [6.07, 6.45) is -0.296. The molecule has 0 saturated heterocycles. The van der Waals surface area contributed by atoms with Crippen LogP contribution in [0.15, 0.2) is 18.2 Å². The number of carbonyl (C=O) groups is 3. The normalized spacial score (nSPS) is 12.8. The standard InChI is InChI=1S/C12H12N2O4/c15-10(3-4-11(16)17)14-8-2-1-7-6-13-12(18)9(7)5-8/h1-2,5H,3-4,6H2,(H,13,18)(H,14,15)(H,16,17). The van der Waals surface area contributed by atoms with Gasteiger partial charge in [0.25, 0.3) is 5.91 Å². The van der Waals surface area contributed by atoms with Gasteiger partial charge < -0.3 is 15.7 Å². The van der Waals surface area contributed by atoms with Gasteiger partial charge in [0.05, 0.1) is 6.42 Å². The molecule has 0 aromatic heterocycles. The molecule has 6 nitrogen and oxygen atoms in total. The Morgan fingerprint density at radius 2 is 2.11 bits per heavy atom. The van der Waals surface area contributed by atoms with Crippen molar-refractivity contribution in [1.29, 1.82) is 0 Å². The fraction of sp³-hybridized carbons (Fsp3) is 0.250. The van der Waals surface area contributed by atoms with Crippen LogP contribution < -0.4 is 10.6 Å². The van der Waals surface area contributed by atoms with Gasteiger partial charge in [0.2, 0.25) is 5.91 Å². The number of benzene rings is 1. The van der Waals surface area contributed by atoms with Crippen molar-refractivity contribution in [3.8, 4) is 0 Å². The zero-order valence-corrected chi connectivity index (χ0v) is 9.53. The van der Waals surface area contributed by atoms with Gasteiger partial charge in [-0.2, -0.15) is 0 Å². The van der Waals surface area contributed by atoms with Gasteiger partial charge in [-0.15, -0.1) is 0 Å². The Morgan fingerprint density at radius 3 is 2.83 bits per heavy atom. The third kappa shape index (κ3) is 2.65. The van der Waals surface area contributed by atoms with E-state index < -0.39 is 5.97 Å². The van der Waals surface area contributed by atoms with Gasteiger partial charge in [-0.05, 0) is 17.7 Å². The summed E-state index contributed by atoms with van der Waals surface area (Å²) in [5.41, 5.74) is 1.94. The first-order valence-electron chi connectivity index (χ1n) is 5.49. The highest BCUT2D eigenvalue weighted by Gasteiger charge is 2.19. The van der Waals surface area contributed by atoms with Crippen molar-refractivity contribution in [2.45, 2.75) is 19.4 Å². The van der Waals surface area contributed by atoms with Crippen molar-refractivity contribution in [1.82, 2.24) is 5.32 Å². The lowest BCUT2D eigenvalue weighted by atomic mass is 10.1. The number of nitrogens with one attached hydrogen (secondary N) is 2. The molecule has 2 amide bonds. The van der Waals surface area contributed by atoms with Gasteiger partial charge >= 0.3 is 5.97 Å². The van der Waals surface area contributed by atoms with Crippen molar-refractivity contribution in [3.05, 3.63) is 29.3 Å². The molecule has 0 spiro atoms. The van der Waals surface area contributed by atoms with Crippen LogP contribution in [-0.2, 0) is 16.1 Å². The highest BCUT2D eigenvalue weighted by atomic mass is 16.4. The molecular weight excluding hydrogens is 236 g/mol. The van der Waals surface area contributed by atoms with Crippen molar-refractivity contribution < 1.29 is 19.5 Å². The molecule has 18 heavy (non-hydrogen) atoms. The van der Waals surface area contributed by atoms with E-state index in [0.29, 0.717) is 17.8 Å². The lowest BCUT2D eigenvalue weighted by Crippen LogP contribution is -2.14. The molecule has 1 aromatic rings. The van der Waals surface area contributed by atoms with Gasteiger partial charge in [0.15, 0.2) is 0 Å². The van der Waals surface area contributed by atoms with Crippen molar-refractivity contribution in [3.63, 3.8) is 0 Å². The van der Waals surface area contributed by atoms with E-state index in [-0.39, 0.29) is 24.7 Å². The predicted molar refractivity (Wildman–Crippen MR) is 63.1 cm³/mol. The number of fused-ring (bicyclic) bond motifs is 1. The highest BCUT2D eigenvalue weighted by molar-refractivity contribution is 6.00. The molecule has 0 fully saturated rings. The van der Waals surface area contributed by atoms with Crippen LogP contribution in [0, 0.1) is 0 Å². The van der Waals surface area contributed by atoms with Gasteiger partial charge in [0, 0.05) is 24.2 Å². The predicted octanol–water partition coefficient (Wildman–Crippen LogP) is 0.733. The number of rotatable bonds is 4. The molecule has 0 aliphatic carbocycles. The second kappa shape index (κ2) is 4.87. The summed E-state index contributed by atoms with van der Waals surface area (Å²) in [5, 5.41) is 13.7. The number of amides is 2. The van der Waals surface area contributed by atoms with E-state index >= 15 is 0 Å². The molecular formula is C12H12N2O4. The third-order valence-electron chi connectivity index (χ3n) is 2.64. The first-order valence-corrected chi connectivity index (χ1v) is 5.49. The fourth-order valence-corrected chi connectivity index (χ4v) is 1.73. The first-order chi connectivity index (χ1) is 8.56. The van der Waals surface area contributed by atoms with Gasteiger partial charge in [-0.1, -0.05) is 6.07 Å². The van der Waals surface area contributed by atoms with E-state index in [9.17, 15) is 14.4 Å². The van der Waals surface area contributed by atoms with E-state index in [4.69, 9.17) is 5.11 Å². The summed E-state index contributed by atoms with van der Waals surface area (Å²) in [7, 11) is 0. The molecule has 0 bridgehead atoms. The van der Waals surface area contributed by atoms with Crippen molar-refractivity contribution >= 4 is 23.5 Å². The summed E-state index contributed by atoms with van der Waals surface area (Å²) >= 11 is 0. The molecule has 0 unspecified atom stereocenters. The van der Waals surface area contributed by atoms with Crippen LogP contribution in [0.25, 0.3) is 0 Å². The number of hydrogen-bond acceptors (Lipinski definition) is 3. The molecule has 1 aliphatic heterocycles. The zero-order valence-electron chi connectivity index (χ0n) is 9.53. The van der Waals surface area contributed by atoms with Crippen LogP contribution in [0.1, 0.15) is 28.8 Å². The minimum Gasteiger partial charge on any atom is -0.481 e. The molecule has 1 aliphatic rings. The first kappa shape index (κ1) is 12.1. The maximum atomic E-state index is 11.4. The minimum absolute atomic E-state index is 0.0847. The summed E-state index contributed by atoms with van der Waals surface area (Å²) < 4.78 is 0. The van der Waals surface area contributed by atoms with E-state index in [0.717, 1.165) is 5.56 Å². The smallest absolute Gasteiger partial charge is 0.303 e. The average Bonchev–Trinajstić information content (AvgIpc) is 2.69. The van der Waals surface area contributed by atoms with Crippen LogP contribution in [-0.4, -0.2) is 22.9 Å². The lowest BCUT2D eigenvalue weighted by Gasteiger charge is -2.05. The molecule has 0 atom stereocenters. The lowest BCUT2D eigenvalue weighted by molar-refractivity contribution is -0.138. The Balaban J connectivity index is 2.02. The summed E-state index contributed by atoms with van der Waals surface area (Å²) in [6.45, 7) is 0.501. The highest BCUT2D eigenvalue weighted by Crippen LogP contribution is 2.20. The number of carboxylic acids is 1. The molecule has 94 valence electrons. The third-order valence-corrected chi connectivity index (χ3v) is 2.64. The number of hydrogen-bond donors (Lipinski definition) is 3. The zero-order chi connectivity index (χ0) is 13.1. The minimum atomic E-state index is -1.02. The number of carboxylic acid groups (broad SMARTS) is 1. The summed E-state index contributed by atoms with van der Waals surface area (Å²) in [6, 6.07) is 5.05. The molecule has 1 aromatic carbocycles. The van der Waals surface area contributed by atoms with Gasteiger partial charge in [-0.3, -0.25) is 14.4 Å². The van der Waals surface area contributed by atoms with Crippen LogP contribution in [0.3, 0.4) is 0 Å². The van der Waals surface area contributed by atoms with Gasteiger partial charge in [-0.25, -0.2) is 0 Å². The van der Waals surface area contributed by atoms with E-state index in [1.54, 1.807) is 18.2 Å². The van der Waals surface area contributed by atoms with Crippen molar-refractivity contribution in [2.24, 2.45) is 0 Å².